The van der Waals surface area contributed by atoms with Crippen LogP contribution in [0.25, 0.3) is 0 Å². The van der Waals surface area contributed by atoms with Gasteiger partial charge in [-0.3, -0.25) is 4.90 Å². The summed E-state index contributed by atoms with van der Waals surface area (Å²) >= 11 is 3.51. The van der Waals surface area contributed by atoms with Crippen molar-refractivity contribution in [3.8, 4) is 5.75 Å². The maximum atomic E-state index is 5.99. The Morgan fingerprint density at radius 1 is 1.37 bits per heavy atom. The molecule has 1 heterocycles. The summed E-state index contributed by atoms with van der Waals surface area (Å²) in [6.45, 7) is 6.39. The van der Waals surface area contributed by atoms with Crippen molar-refractivity contribution in [2.45, 2.75) is 25.8 Å². The Bertz CT molecular complexity index is 405. The third-order valence-corrected chi connectivity index (χ3v) is 4.23. The minimum Gasteiger partial charge on any atom is -0.492 e. The van der Waals surface area contributed by atoms with Crippen LogP contribution in [0.3, 0.4) is 0 Å². The lowest BCUT2D eigenvalue weighted by atomic mass is 10.1. The quantitative estimate of drug-likeness (QED) is 0.868. The van der Waals surface area contributed by atoms with Crippen LogP contribution in [0.15, 0.2) is 22.7 Å². The van der Waals surface area contributed by atoms with Crippen LogP contribution < -0.4 is 10.1 Å². The second-order valence-electron chi connectivity index (χ2n) is 5.09. The van der Waals surface area contributed by atoms with Crippen molar-refractivity contribution in [2.75, 3.05) is 33.3 Å². The third kappa shape index (κ3) is 4.20. The van der Waals surface area contributed by atoms with Gasteiger partial charge in [0.15, 0.2) is 0 Å². The third-order valence-electron chi connectivity index (χ3n) is 3.74. The standard InChI is InChI=1S/C15H23BrN2O/c1-12(17-2)14-6-5-13(16)11-15(14)19-10-9-18-7-3-4-8-18/h5-6,11-12,17H,3-4,7-10H2,1-2H3. The molecule has 4 heteroatoms. The highest BCUT2D eigenvalue weighted by atomic mass is 79.9. The Labute approximate surface area is 124 Å². The van der Waals surface area contributed by atoms with Gasteiger partial charge in [0.05, 0.1) is 0 Å². The molecule has 2 rings (SSSR count). The minimum absolute atomic E-state index is 0.301. The van der Waals surface area contributed by atoms with Gasteiger partial charge in [0.1, 0.15) is 12.4 Å². The molecule has 1 unspecified atom stereocenters. The first-order valence-corrected chi connectivity index (χ1v) is 7.82. The smallest absolute Gasteiger partial charge is 0.125 e. The largest absolute Gasteiger partial charge is 0.492 e. The second kappa shape index (κ2) is 7.27. The van der Waals surface area contributed by atoms with E-state index in [4.69, 9.17) is 4.74 Å². The molecule has 0 spiro atoms. The lowest BCUT2D eigenvalue weighted by Crippen LogP contribution is -2.25. The van der Waals surface area contributed by atoms with Gasteiger partial charge in [-0.05, 0) is 52.0 Å². The second-order valence-corrected chi connectivity index (χ2v) is 6.01. The zero-order valence-electron chi connectivity index (χ0n) is 11.8. The van der Waals surface area contributed by atoms with E-state index < -0.39 is 0 Å². The van der Waals surface area contributed by atoms with E-state index in [0.29, 0.717) is 6.04 Å². The van der Waals surface area contributed by atoms with Gasteiger partial charge < -0.3 is 10.1 Å². The molecule has 1 atom stereocenters. The molecule has 0 amide bonds. The number of likely N-dealkylation sites (tertiary alicyclic amines) is 1. The van der Waals surface area contributed by atoms with Crippen molar-refractivity contribution >= 4 is 15.9 Å². The van der Waals surface area contributed by atoms with E-state index in [2.05, 4.69) is 51.3 Å². The highest BCUT2D eigenvalue weighted by Crippen LogP contribution is 2.28. The van der Waals surface area contributed by atoms with Crippen molar-refractivity contribution in [3.05, 3.63) is 28.2 Å². The van der Waals surface area contributed by atoms with Crippen LogP contribution in [-0.2, 0) is 0 Å². The lowest BCUT2D eigenvalue weighted by molar-refractivity contribution is 0.235. The Morgan fingerprint density at radius 2 is 2.11 bits per heavy atom. The van der Waals surface area contributed by atoms with Gasteiger partial charge in [0.25, 0.3) is 0 Å². The lowest BCUT2D eigenvalue weighted by Gasteiger charge is -2.19. The molecule has 0 aromatic heterocycles. The maximum absolute atomic E-state index is 5.99. The Hall–Kier alpha value is -0.580. The highest BCUT2D eigenvalue weighted by Gasteiger charge is 2.13. The number of ether oxygens (including phenoxy) is 1. The SMILES string of the molecule is CNC(C)c1ccc(Br)cc1OCCN1CCCC1. The first-order valence-electron chi connectivity index (χ1n) is 7.02. The molecule has 1 aliphatic rings. The summed E-state index contributed by atoms with van der Waals surface area (Å²) in [5.41, 5.74) is 1.21. The first-order chi connectivity index (χ1) is 9.20. The van der Waals surface area contributed by atoms with Gasteiger partial charge >= 0.3 is 0 Å². The van der Waals surface area contributed by atoms with Gasteiger partial charge in [-0.25, -0.2) is 0 Å². The summed E-state index contributed by atoms with van der Waals surface area (Å²) in [5, 5.41) is 3.27. The molecule has 0 radical (unpaired) electrons. The number of hydrogen-bond donors (Lipinski definition) is 1. The Morgan fingerprint density at radius 3 is 2.79 bits per heavy atom. The molecule has 0 aliphatic carbocycles. The summed E-state index contributed by atoms with van der Waals surface area (Å²) in [7, 11) is 1.97. The van der Waals surface area contributed by atoms with Gasteiger partial charge in [-0.1, -0.05) is 22.0 Å². The summed E-state index contributed by atoms with van der Waals surface area (Å²) in [6, 6.07) is 6.55. The molecule has 1 N–H and O–H groups in total. The van der Waals surface area contributed by atoms with Crippen molar-refractivity contribution in [1.29, 1.82) is 0 Å². The number of rotatable bonds is 6. The molecule has 19 heavy (non-hydrogen) atoms. The van der Waals surface area contributed by atoms with Gasteiger partial charge in [0, 0.05) is 22.6 Å². The number of nitrogens with zero attached hydrogens (tertiary/aromatic N) is 1. The average Bonchev–Trinajstić information content (AvgIpc) is 2.91. The molecule has 0 saturated carbocycles. The number of hydrogen-bond acceptors (Lipinski definition) is 3. The Balaban J connectivity index is 1.95. The van der Waals surface area contributed by atoms with Crippen LogP contribution in [0.4, 0.5) is 0 Å². The van der Waals surface area contributed by atoms with Gasteiger partial charge in [-0.2, -0.15) is 0 Å². The van der Waals surface area contributed by atoms with Crippen molar-refractivity contribution in [1.82, 2.24) is 10.2 Å². The van der Waals surface area contributed by atoms with E-state index in [1.54, 1.807) is 0 Å². The van der Waals surface area contributed by atoms with Crippen LogP contribution in [0, 0.1) is 0 Å². The van der Waals surface area contributed by atoms with Gasteiger partial charge in [0.2, 0.25) is 0 Å². The fraction of sp³-hybridized carbons (Fsp3) is 0.600. The molecular weight excluding hydrogens is 304 g/mol. The summed E-state index contributed by atoms with van der Waals surface area (Å²) in [5.74, 6) is 0.982. The van der Waals surface area contributed by atoms with Crippen LogP contribution >= 0.6 is 15.9 Å². The van der Waals surface area contributed by atoms with Crippen molar-refractivity contribution in [3.63, 3.8) is 0 Å². The number of benzene rings is 1. The van der Waals surface area contributed by atoms with Gasteiger partial charge in [-0.15, -0.1) is 0 Å². The van der Waals surface area contributed by atoms with E-state index in [1.807, 2.05) is 7.05 Å². The normalized spacial score (nSPS) is 17.6. The number of nitrogens with one attached hydrogen (secondary N) is 1. The van der Waals surface area contributed by atoms with Crippen LogP contribution in [0.2, 0.25) is 0 Å². The van der Waals surface area contributed by atoms with E-state index in [1.165, 1.54) is 31.5 Å². The molecule has 1 aromatic rings. The fourth-order valence-corrected chi connectivity index (χ4v) is 2.78. The molecule has 106 valence electrons. The van der Waals surface area contributed by atoms with E-state index in [9.17, 15) is 0 Å². The summed E-state index contributed by atoms with van der Waals surface area (Å²) < 4.78 is 7.06. The zero-order chi connectivity index (χ0) is 13.7. The minimum atomic E-state index is 0.301. The number of halogens is 1. The molecular formula is C15H23BrN2O. The molecule has 0 bridgehead atoms. The van der Waals surface area contributed by atoms with E-state index in [0.717, 1.165) is 23.4 Å². The van der Waals surface area contributed by atoms with E-state index >= 15 is 0 Å². The molecule has 1 fully saturated rings. The van der Waals surface area contributed by atoms with Crippen LogP contribution in [0.5, 0.6) is 5.75 Å². The monoisotopic (exact) mass is 326 g/mol. The maximum Gasteiger partial charge on any atom is 0.125 e. The molecule has 1 aromatic carbocycles. The van der Waals surface area contributed by atoms with Crippen molar-refractivity contribution in [2.24, 2.45) is 0 Å². The topological polar surface area (TPSA) is 24.5 Å². The highest BCUT2D eigenvalue weighted by molar-refractivity contribution is 9.10. The van der Waals surface area contributed by atoms with Crippen LogP contribution in [0.1, 0.15) is 31.4 Å². The predicted octanol–water partition coefficient (Wildman–Crippen LogP) is 3.20. The van der Waals surface area contributed by atoms with E-state index in [-0.39, 0.29) is 0 Å². The van der Waals surface area contributed by atoms with Crippen molar-refractivity contribution < 1.29 is 4.74 Å². The first kappa shape index (κ1) is 14.8. The summed E-state index contributed by atoms with van der Waals surface area (Å²) in [6.07, 6.45) is 2.66. The van der Waals surface area contributed by atoms with Crippen LogP contribution in [-0.4, -0.2) is 38.2 Å². The Kier molecular flexibility index (Phi) is 5.67. The zero-order valence-corrected chi connectivity index (χ0v) is 13.4. The fourth-order valence-electron chi connectivity index (χ4n) is 2.44. The molecule has 3 nitrogen and oxygen atoms in total. The average molecular weight is 327 g/mol. The molecule has 1 saturated heterocycles. The summed E-state index contributed by atoms with van der Waals surface area (Å²) in [4.78, 5) is 2.47. The predicted molar refractivity (Wildman–Crippen MR) is 82.8 cm³/mol. The molecule has 1 aliphatic heterocycles.